The number of benzene rings is 2. The minimum absolute atomic E-state index is 0.0515. The quantitative estimate of drug-likeness (QED) is 0.739. The zero-order chi connectivity index (χ0) is 17.6. The van der Waals surface area contributed by atoms with E-state index in [4.69, 9.17) is 11.6 Å². The number of carboxylic acids is 1. The molecular weight excluding hydrogens is 338 g/mol. The highest BCUT2D eigenvalue weighted by Gasteiger charge is 2.29. The predicted molar refractivity (Wildman–Crippen MR) is 98.5 cm³/mol. The Morgan fingerprint density at radius 2 is 1.80 bits per heavy atom. The number of halogens is 1. The Hall–Kier alpha value is -2.59. The first kappa shape index (κ1) is 15.9. The fourth-order valence-corrected chi connectivity index (χ4v) is 3.66. The molecule has 1 N–H and O–H groups in total. The summed E-state index contributed by atoms with van der Waals surface area (Å²) in [4.78, 5) is 25.2. The molecule has 0 saturated heterocycles. The lowest BCUT2D eigenvalue weighted by atomic mass is 9.90. The van der Waals surface area contributed by atoms with Crippen molar-refractivity contribution >= 4 is 28.3 Å². The summed E-state index contributed by atoms with van der Waals surface area (Å²) >= 11 is 6.15. The average molecular weight is 354 g/mol. The van der Waals surface area contributed by atoms with Crippen molar-refractivity contribution in [1.82, 2.24) is 4.57 Å². The van der Waals surface area contributed by atoms with Crippen LogP contribution < -0.4 is 5.56 Å². The molecule has 3 aromatic rings. The number of hydrogen-bond donors (Lipinski definition) is 1. The Balaban J connectivity index is 2.21. The van der Waals surface area contributed by atoms with E-state index in [1.165, 1.54) is 4.57 Å². The van der Waals surface area contributed by atoms with Crippen molar-refractivity contribution in [3.8, 4) is 11.1 Å². The Bertz CT molecular complexity index is 1040. The minimum Gasteiger partial charge on any atom is -0.477 e. The van der Waals surface area contributed by atoms with Gasteiger partial charge in [0.25, 0.3) is 5.56 Å². The van der Waals surface area contributed by atoms with Crippen molar-refractivity contribution < 1.29 is 9.90 Å². The second-order valence-electron chi connectivity index (χ2n) is 6.34. The van der Waals surface area contributed by atoms with Gasteiger partial charge in [-0.3, -0.25) is 9.36 Å². The van der Waals surface area contributed by atoms with Gasteiger partial charge in [-0.25, -0.2) is 4.79 Å². The van der Waals surface area contributed by atoms with E-state index in [9.17, 15) is 14.7 Å². The first-order valence-corrected chi connectivity index (χ1v) is 8.62. The fourth-order valence-electron chi connectivity index (χ4n) is 3.49. The highest BCUT2D eigenvalue weighted by Crippen LogP contribution is 2.37. The summed E-state index contributed by atoms with van der Waals surface area (Å²) in [7, 11) is 0. The Morgan fingerprint density at radius 3 is 2.40 bits per heavy atom. The molecule has 25 heavy (non-hydrogen) atoms. The van der Waals surface area contributed by atoms with Crippen LogP contribution in [0.5, 0.6) is 0 Å². The van der Waals surface area contributed by atoms with Gasteiger partial charge in [0.05, 0.1) is 0 Å². The third-order valence-electron chi connectivity index (χ3n) is 4.88. The molecule has 2 aromatic carbocycles. The zero-order valence-electron chi connectivity index (χ0n) is 13.4. The summed E-state index contributed by atoms with van der Waals surface area (Å²) in [5.74, 6) is -1.09. The largest absolute Gasteiger partial charge is 0.477 e. The molecule has 0 bridgehead atoms. The van der Waals surface area contributed by atoms with Crippen molar-refractivity contribution in [3.63, 3.8) is 0 Å². The molecule has 0 atom stereocenters. The number of nitrogens with zero attached hydrogens (tertiary/aromatic N) is 1. The number of carboxylic acid groups (broad SMARTS) is 1. The summed E-state index contributed by atoms with van der Waals surface area (Å²) in [5.41, 5.74) is 1.11. The molecule has 1 heterocycles. The summed E-state index contributed by atoms with van der Waals surface area (Å²) < 4.78 is 1.48. The van der Waals surface area contributed by atoms with Gasteiger partial charge in [0, 0.05) is 22.0 Å². The monoisotopic (exact) mass is 353 g/mol. The standard InChI is InChI=1S/C20H16ClNO3/c21-13-9-10-15-16(11-13)17(12-5-2-1-3-6-12)18(20(24)25)22(19(15)23)14-7-4-8-14/h1-3,5-6,9-11,14H,4,7-8H2,(H,24,25). The van der Waals surface area contributed by atoms with Gasteiger partial charge < -0.3 is 5.11 Å². The van der Waals surface area contributed by atoms with Gasteiger partial charge in [0.2, 0.25) is 0 Å². The van der Waals surface area contributed by atoms with Crippen molar-refractivity contribution in [2.75, 3.05) is 0 Å². The topological polar surface area (TPSA) is 59.3 Å². The van der Waals surface area contributed by atoms with E-state index in [0.717, 1.165) is 24.8 Å². The van der Waals surface area contributed by atoms with Crippen LogP contribution in [0.2, 0.25) is 5.02 Å². The van der Waals surface area contributed by atoms with E-state index in [1.54, 1.807) is 18.2 Å². The zero-order valence-corrected chi connectivity index (χ0v) is 14.2. The minimum atomic E-state index is -1.09. The van der Waals surface area contributed by atoms with Gasteiger partial charge in [-0.1, -0.05) is 41.9 Å². The number of rotatable bonds is 3. The van der Waals surface area contributed by atoms with Crippen LogP contribution in [0.1, 0.15) is 35.8 Å². The van der Waals surface area contributed by atoms with Crippen LogP contribution in [0, 0.1) is 0 Å². The molecule has 126 valence electrons. The molecule has 1 aliphatic carbocycles. The van der Waals surface area contributed by atoms with Crippen molar-refractivity contribution in [3.05, 3.63) is 69.6 Å². The van der Waals surface area contributed by atoms with Gasteiger partial charge in [0.1, 0.15) is 5.69 Å². The van der Waals surface area contributed by atoms with E-state index in [0.29, 0.717) is 21.4 Å². The van der Waals surface area contributed by atoms with Gasteiger partial charge in [-0.15, -0.1) is 0 Å². The number of pyridine rings is 1. The molecule has 0 spiro atoms. The van der Waals surface area contributed by atoms with Crippen molar-refractivity contribution in [2.24, 2.45) is 0 Å². The predicted octanol–water partition coefficient (Wildman–Crippen LogP) is 4.75. The lowest BCUT2D eigenvalue weighted by Gasteiger charge is -2.30. The smallest absolute Gasteiger partial charge is 0.353 e. The Labute approximate surface area is 149 Å². The highest BCUT2D eigenvalue weighted by molar-refractivity contribution is 6.31. The van der Waals surface area contributed by atoms with Gasteiger partial charge >= 0.3 is 5.97 Å². The number of aromatic nitrogens is 1. The molecule has 4 nitrogen and oxygen atoms in total. The molecule has 4 rings (SSSR count). The number of carbonyl (C=O) groups is 1. The SMILES string of the molecule is O=C(O)c1c(-c2ccccc2)c2cc(Cl)ccc2c(=O)n1C1CCC1. The van der Waals surface area contributed by atoms with Crippen LogP contribution in [0.3, 0.4) is 0 Å². The molecule has 1 aliphatic rings. The number of hydrogen-bond acceptors (Lipinski definition) is 2. The second kappa shape index (κ2) is 6.05. The molecule has 0 aliphatic heterocycles. The third-order valence-corrected chi connectivity index (χ3v) is 5.12. The van der Waals surface area contributed by atoms with Crippen LogP contribution in [0.25, 0.3) is 21.9 Å². The van der Waals surface area contributed by atoms with Gasteiger partial charge in [0.15, 0.2) is 0 Å². The summed E-state index contributed by atoms with van der Waals surface area (Å²) in [6.45, 7) is 0. The third kappa shape index (κ3) is 2.53. The maximum Gasteiger partial charge on any atom is 0.353 e. The Kier molecular flexibility index (Phi) is 3.85. The first-order valence-electron chi connectivity index (χ1n) is 8.24. The molecule has 0 radical (unpaired) electrons. The number of aromatic carboxylic acids is 1. The Morgan fingerprint density at radius 1 is 1.08 bits per heavy atom. The second-order valence-corrected chi connectivity index (χ2v) is 6.78. The maximum atomic E-state index is 13.0. The molecule has 5 heteroatoms. The highest BCUT2D eigenvalue weighted by atomic mass is 35.5. The van der Waals surface area contributed by atoms with E-state index >= 15 is 0 Å². The molecule has 0 amide bonds. The van der Waals surface area contributed by atoms with E-state index < -0.39 is 5.97 Å². The fraction of sp³-hybridized carbons (Fsp3) is 0.200. The van der Waals surface area contributed by atoms with Crippen LogP contribution in [-0.4, -0.2) is 15.6 Å². The lowest BCUT2D eigenvalue weighted by molar-refractivity contribution is 0.0677. The van der Waals surface area contributed by atoms with Crippen molar-refractivity contribution in [1.29, 1.82) is 0 Å². The number of fused-ring (bicyclic) bond motifs is 1. The summed E-state index contributed by atoms with van der Waals surface area (Å²) in [6.07, 6.45) is 2.66. The molecule has 1 aromatic heterocycles. The van der Waals surface area contributed by atoms with Crippen LogP contribution in [0.15, 0.2) is 53.3 Å². The molecular formula is C20H16ClNO3. The van der Waals surface area contributed by atoms with E-state index in [2.05, 4.69) is 0 Å². The normalized spacial score (nSPS) is 14.4. The van der Waals surface area contributed by atoms with Gasteiger partial charge in [-0.05, 0) is 48.4 Å². The van der Waals surface area contributed by atoms with E-state index in [1.807, 2.05) is 30.3 Å². The van der Waals surface area contributed by atoms with Crippen LogP contribution in [-0.2, 0) is 0 Å². The summed E-state index contributed by atoms with van der Waals surface area (Å²) in [5, 5.41) is 11.5. The molecule has 1 saturated carbocycles. The van der Waals surface area contributed by atoms with Crippen molar-refractivity contribution in [2.45, 2.75) is 25.3 Å². The van der Waals surface area contributed by atoms with Gasteiger partial charge in [-0.2, -0.15) is 0 Å². The average Bonchev–Trinajstić information content (AvgIpc) is 2.55. The van der Waals surface area contributed by atoms with Crippen LogP contribution in [0.4, 0.5) is 0 Å². The summed E-state index contributed by atoms with van der Waals surface area (Å²) in [6, 6.07) is 14.3. The molecule has 1 fully saturated rings. The van der Waals surface area contributed by atoms with E-state index in [-0.39, 0.29) is 17.3 Å². The lowest BCUT2D eigenvalue weighted by Crippen LogP contribution is -2.34. The molecule has 0 unspecified atom stereocenters. The maximum absolute atomic E-state index is 13.0. The van der Waals surface area contributed by atoms with Crippen LogP contribution >= 0.6 is 11.6 Å². The first-order chi connectivity index (χ1) is 12.1.